The molecule has 0 saturated carbocycles. The van der Waals surface area contributed by atoms with E-state index in [9.17, 15) is 13.6 Å². The number of imidazole rings is 1. The molecule has 1 atom stereocenters. The average Bonchev–Trinajstić information content (AvgIpc) is 3.22. The zero-order chi connectivity index (χ0) is 23.3. The van der Waals surface area contributed by atoms with Gasteiger partial charge in [0.1, 0.15) is 34.7 Å². The summed E-state index contributed by atoms with van der Waals surface area (Å²) in [7, 11) is 3.70. The maximum Gasteiger partial charge on any atom is 0.203 e. The molecule has 0 fully saturated rings. The highest BCUT2D eigenvalue weighted by Crippen LogP contribution is 2.33. The molecule has 0 radical (unpaired) electrons. The minimum atomic E-state index is -0.699. The molecule has 5 rings (SSSR count). The third kappa shape index (κ3) is 3.32. The summed E-state index contributed by atoms with van der Waals surface area (Å²) in [6.45, 7) is 1.81. The molecule has 0 amide bonds. The molecule has 5 aromatic rings. The molecule has 0 aliphatic carbocycles. The van der Waals surface area contributed by atoms with Crippen molar-refractivity contribution >= 4 is 28.0 Å². The van der Waals surface area contributed by atoms with E-state index in [0.717, 1.165) is 0 Å². The van der Waals surface area contributed by atoms with Gasteiger partial charge in [-0.05, 0) is 36.8 Å². The lowest BCUT2D eigenvalue weighted by molar-refractivity contribution is 0.466. The topological polar surface area (TPSA) is 77.0 Å². The van der Waals surface area contributed by atoms with E-state index in [1.165, 1.54) is 42.7 Å². The Hall–Kier alpha value is -4.14. The van der Waals surface area contributed by atoms with Crippen LogP contribution in [0, 0.1) is 11.6 Å². The minimum absolute atomic E-state index is 0.0864. The number of fused-ring (bicyclic) bond motifs is 2. The van der Waals surface area contributed by atoms with Crippen LogP contribution in [-0.4, -0.2) is 33.6 Å². The van der Waals surface area contributed by atoms with E-state index in [4.69, 9.17) is 4.42 Å². The largest absolute Gasteiger partial charge is 0.458 e. The molecule has 0 saturated heterocycles. The van der Waals surface area contributed by atoms with Crippen molar-refractivity contribution in [2.75, 3.05) is 19.0 Å². The number of anilines is 1. The fourth-order valence-corrected chi connectivity index (χ4v) is 4.00. The Morgan fingerprint density at radius 1 is 1.06 bits per heavy atom. The van der Waals surface area contributed by atoms with Crippen molar-refractivity contribution in [1.82, 2.24) is 19.5 Å². The number of aromatic nitrogens is 4. The van der Waals surface area contributed by atoms with Crippen molar-refractivity contribution in [1.29, 1.82) is 0 Å². The Balaban J connectivity index is 1.81. The highest BCUT2D eigenvalue weighted by Gasteiger charge is 2.25. The second-order valence-electron chi connectivity index (χ2n) is 7.89. The van der Waals surface area contributed by atoms with Crippen molar-refractivity contribution < 1.29 is 13.2 Å². The maximum absolute atomic E-state index is 14.6. The van der Waals surface area contributed by atoms with Gasteiger partial charge in [0, 0.05) is 14.1 Å². The number of hydrogen-bond donors (Lipinski definition) is 0. The summed E-state index contributed by atoms with van der Waals surface area (Å²) in [5.41, 5.74) is 1.03. The van der Waals surface area contributed by atoms with E-state index < -0.39 is 23.1 Å². The molecule has 166 valence electrons. The summed E-state index contributed by atoms with van der Waals surface area (Å²) in [4.78, 5) is 28.4. The molecular formula is C24H19F2N5O2. The third-order valence-electron chi connectivity index (χ3n) is 5.57. The Morgan fingerprint density at radius 2 is 1.85 bits per heavy atom. The first-order valence-electron chi connectivity index (χ1n) is 10.2. The highest BCUT2D eigenvalue weighted by atomic mass is 19.1. The van der Waals surface area contributed by atoms with Gasteiger partial charge in [-0.3, -0.25) is 4.79 Å². The van der Waals surface area contributed by atoms with Crippen LogP contribution in [-0.2, 0) is 0 Å². The Bertz CT molecular complexity index is 1580. The van der Waals surface area contributed by atoms with Crippen molar-refractivity contribution in [3.63, 3.8) is 0 Å². The van der Waals surface area contributed by atoms with Gasteiger partial charge in [-0.25, -0.2) is 23.7 Å². The normalized spacial score (nSPS) is 12.4. The predicted octanol–water partition coefficient (Wildman–Crippen LogP) is 4.55. The second kappa shape index (κ2) is 7.77. The first-order valence-corrected chi connectivity index (χ1v) is 10.2. The number of rotatable bonds is 4. The molecule has 0 aliphatic heterocycles. The van der Waals surface area contributed by atoms with Crippen molar-refractivity contribution in [3.8, 4) is 11.1 Å². The molecule has 0 N–H and O–H groups in total. The van der Waals surface area contributed by atoms with Gasteiger partial charge in [0.15, 0.2) is 17.0 Å². The van der Waals surface area contributed by atoms with Gasteiger partial charge in [0.05, 0.1) is 17.9 Å². The molecule has 0 spiro atoms. The van der Waals surface area contributed by atoms with E-state index in [1.54, 1.807) is 17.0 Å². The zero-order valence-electron chi connectivity index (χ0n) is 18.1. The first kappa shape index (κ1) is 20.7. The van der Waals surface area contributed by atoms with E-state index in [2.05, 4.69) is 15.0 Å². The summed E-state index contributed by atoms with van der Waals surface area (Å²) >= 11 is 0. The maximum atomic E-state index is 14.6. The SMILES string of the molecule is CC(c1oc2cccc(F)c2c(=O)c1-c1cccc(F)c1)n1cnc2c(N(C)C)ncnc21. The summed E-state index contributed by atoms with van der Waals surface area (Å²) < 4.78 is 36.5. The van der Waals surface area contributed by atoms with Crippen LogP contribution in [0.25, 0.3) is 33.3 Å². The summed E-state index contributed by atoms with van der Waals surface area (Å²) in [5, 5.41) is -0.180. The molecule has 3 heterocycles. The van der Waals surface area contributed by atoms with Crippen molar-refractivity contribution in [2.45, 2.75) is 13.0 Å². The molecule has 0 bridgehead atoms. The fourth-order valence-electron chi connectivity index (χ4n) is 4.00. The molecule has 33 heavy (non-hydrogen) atoms. The lowest BCUT2D eigenvalue weighted by Crippen LogP contribution is -2.16. The fraction of sp³-hybridized carbons (Fsp3) is 0.167. The monoisotopic (exact) mass is 447 g/mol. The smallest absolute Gasteiger partial charge is 0.203 e. The molecule has 0 aliphatic rings. The van der Waals surface area contributed by atoms with Gasteiger partial charge < -0.3 is 13.9 Å². The standard InChI is InChI=1S/C24H19F2N5O2/c1-13(31-12-29-20-23(30(2)3)27-11-28-24(20)31)22-18(14-6-4-7-15(25)10-14)21(32)19-16(26)8-5-9-17(19)33-22/h4-13H,1-3H3. The Kier molecular flexibility index (Phi) is 4.88. The van der Waals surface area contributed by atoms with Gasteiger partial charge in [0.25, 0.3) is 0 Å². The van der Waals surface area contributed by atoms with Crippen LogP contribution in [0.5, 0.6) is 0 Å². The van der Waals surface area contributed by atoms with Crippen LogP contribution in [0.1, 0.15) is 18.7 Å². The van der Waals surface area contributed by atoms with Gasteiger partial charge in [-0.15, -0.1) is 0 Å². The number of halogens is 2. The van der Waals surface area contributed by atoms with Gasteiger partial charge >= 0.3 is 0 Å². The molecule has 1 unspecified atom stereocenters. The second-order valence-corrected chi connectivity index (χ2v) is 7.89. The first-order chi connectivity index (χ1) is 15.9. The Labute approximate surface area is 187 Å². The lowest BCUT2D eigenvalue weighted by atomic mass is 9.99. The predicted molar refractivity (Wildman–Crippen MR) is 121 cm³/mol. The summed E-state index contributed by atoms with van der Waals surface area (Å²) in [6.07, 6.45) is 3.02. The summed E-state index contributed by atoms with van der Waals surface area (Å²) in [5.74, 6) is -0.337. The minimum Gasteiger partial charge on any atom is -0.458 e. The summed E-state index contributed by atoms with van der Waals surface area (Å²) in [6, 6.07) is 9.22. The van der Waals surface area contributed by atoms with Crippen LogP contribution >= 0.6 is 0 Å². The van der Waals surface area contributed by atoms with Gasteiger partial charge in [0.2, 0.25) is 5.43 Å². The number of benzene rings is 2. The lowest BCUT2D eigenvalue weighted by Gasteiger charge is -2.18. The average molecular weight is 447 g/mol. The van der Waals surface area contributed by atoms with E-state index in [1.807, 2.05) is 25.9 Å². The highest BCUT2D eigenvalue weighted by molar-refractivity contribution is 5.85. The molecule has 9 heteroatoms. The van der Waals surface area contributed by atoms with Crippen molar-refractivity contribution in [3.05, 3.63) is 82.7 Å². The third-order valence-corrected chi connectivity index (χ3v) is 5.57. The van der Waals surface area contributed by atoms with Gasteiger partial charge in [-0.1, -0.05) is 18.2 Å². The van der Waals surface area contributed by atoms with Crippen LogP contribution in [0.4, 0.5) is 14.6 Å². The van der Waals surface area contributed by atoms with E-state index in [0.29, 0.717) is 22.5 Å². The van der Waals surface area contributed by atoms with Crippen LogP contribution in [0.15, 0.2) is 64.3 Å². The van der Waals surface area contributed by atoms with E-state index >= 15 is 0 Å². The molecule has 7 nitrogen and oxygen atoms in total. The van der Waals surface area contributed by atoms with Crippen LogP contribution in [0.2, 0.25) is 0 Å². The number of nitrogens with zero attached hydrogens (tertiary/aromatic N) is 5. The number of hydrogen-bond acceptors (Lipinski definition) is 6. The molecule has 3 aromatic heterocycles. The van der Waals surface area contributed by atoms with Gasteiger partial charge in [-0.2, -0.15) is 0 Å². The Morgan fingerprint density at radius 3 is 2.61 bits per heavy atom. The van der Waals surface area contributed by atoms with E-state index in [-0.39, 0.29) is 22.3 Å². The van der Waals surface area contributed by atoms with Crippen molar-refractivity contribution in [2.24, 2.45) is 0 Å². The molecule has 2 aromatic carbocycles. The van der Waals surface area contributed by atoms with Crippen LogP contribution in [0.3, 0.4) is 0 Å². The van der Waals surface area contributed by atoms with Crippen LogP contribution < -0.4 is 10.3 Å². The quantitative estimate of drug-likeness (QED) is 0.402. The molecular weight excluding hydrogens is 428 g/mol. The zero-order valence-corrected chi connectivity index (χ0v) is 18.1.